The molecular formula is C14H15ClN4O2. The first kappa shape index (κ1) is 14.0. The molecule has 2 heterocycles. The first-order chi connectivity index (χ1) is 10.1. The highest BCUT2D eigenvalue weighted by atomic mass is 35.5. The van der Waals surface area contributed by atoms with Crippen LogP contribution in [0.25, 0.3) is 11.4 Å². The summed E-state index contributed by atoms with van der Waals surface area (Å²) in [6, 6.07) is 7.33. The summed E-state index contributed by atoms with van der Waals surface area (Å²) in [6.07, 6.45) is 0.737. The molecule has 0 aliphatic carbocycles. The zero-order valence-corrected chi connectivity index (χ0v) is 12.3. The fraction of sp³-hybridized carbons (Fsp3) is 0.357. The molecular weight excluding hydrogens is 292 g/mol. The molecule has 0 unspecified atom stereocenters. The lowest BCUT2D eigenvalue weighted by atomic mass is 10.1. The van der Waals surface area contributed by atoms with Crippen LogP contribution in [0.15, 0.2) is 24.3 Å². The molecule has 0 spiro atoms. The molecule has 1 aliphatic heterocycles. The van der Waals surface area contributed by atoms with E-state index in [-0.39, 0.29) is 11.8 Å². The van der Waals surface area contributed by atoms with Gasteiger partial charge in [-0.25, -0.2) is 4.68 Å². The van der Waals surface area contributed by atoms with Gasteiger partial charge in [-0.1, -0.05) is 23.7 Å². The van der Waals surface area contributed by atoms with Crippen molar-refractivity contribution in [3.05, 3.63) is 29.3 Å². The molecule has 1 N–H and O–H groups in total. The fourth-order valence-electron chi connectivity index (χ4n) is 2.20. The highest BCUT2D eigenvalue weighted by molar-refractivity contribution is 6.33. The van der Waals surface area contributed by atoms with Gasteiger partial charge < -0.3 is 4.74 Å². The summed E-state index contributed by atoms with van der Waals surface area (Å²) >= 11 is 6.14. The molecule has 0 bridgehead atoms. The van der Waals surface area contributed by atoms with Crippen molar-refractivity contribution < 1.29 is 9.53 Å². The van der Waals surface area contributed by atoms with Crippen LogP contribution in [0.3, 0.4) is 0 Å². The normalized spacial score (nSPS) is 17.9. The van der Waals surface area contributed by atoms with Gasteiger partial charge in [0.05, 0.1) is 17.5 Å². The first-order valence-corrected chi connectivity index (χ1v) is 7.07. The number of carbonyl (C=O) groups excluding carboxylic acids is 1. The van der Waals surface area contributed by atoms with E-state index in [1.54, 1.807) is 13.1 Å². The Hall–Kier alpha value is -1.92. The molecule has 21 heavy (non-hydrogen) atoms. The molecule has 1 aliphatic rings. The van der Waals surface area contributed by atoms with Crippen molar-refractivity contribution in [1.82, 2.24) is 14.8 Å². The maximum atomic E-state index is 12.1. The minimum absolute atomic E-state index is 0.0892. The number of hydrogen-bond donors (Lipinski definition) is 1. The smallest absolute Gasteiger partial charge is 0.232 e. The number of nitrogens with zero attached hydrogens (tertiary/aromatic N) is 3. The second-order valence-corrected chi connectivity index (χ2v) is 5.32. The van der Waals surface area contributed by atoms with E-state index >= 15 is 0 Å². The van der Waals surface area contributed by atoms with Gasteiger partial charge >= 0.3 is 0 Å². The average molecular weight is 307 g/mol. The lowest BCUT2D eigenvalue weighted by Gasteiger charge is -2.07. The van der Waals surface area contributed by atoms with Crippen molar-refractivity contribution in [3.8, 4) is 11.4 Å². The molecule has 2 aromatic rings. The predicted octanol–water partition coefficient (Wildman–Crippen LogP) is 2.11. The van der Waals surface area contributed by atoms with Crippen LogP contribution < -0.4 is 5.32 Å². The molecule has 1 saturated heterocycles. The lowest BCUT2D eigenvalue weighted by Crippen LogP contribution is -2.24. The van der Waals surface area contributed by atoms with Crippen LogP contribution in [0.4, 0.5) is 5.95 Å². The molecule has 0 saturated carbocycles. The number of benzene rings is 1. The number of anilines is 1. The Morgan fingerprint density at radius 3 is 3.00 bits per heavy atom. The Morgan fingerprint density at radius 1 is 1.48 bits per heavy atom. The van der Waals surface area contributed by atoms with Crippen LogP contribution in [0.1, 0.15) is 6.42 Å². The first-order valence-electron chi connectivity index (χ1n) is 6.69. The van der Waals surface area contributed by atoms with E-state index in [0.717, 1.165) is 12.0 Å². The summed E-state index contributed by atoms with van der Waals surface area (Å²) < 4.78 is 6.75. The number of hydrogen-bond acceptors (Lipinski definition) is 4. The van der Waals surface area contributed by atoms with E-state index in [9.17, 15) is 4.79 Å². The van der Waals surface area contributed by atoms with Gasteiger partial charge in [-0.3, -0.25) is 10.1 Å². The molecule has 1 atom stereocenters. The van der Waals surface area contributed by atoms with Crippen LogP contribution in [0, 0.1) is 5.92 Å². The van der Waals surface area contributed by atoms with Gasteiger partial charge in [0.25, 0.3) is 0 Å². The van der Waals surface area contributed by atoms with Crippen LogP contribution in [-0.2, 0) is 16.6 Å². The quantitative estimate of drug-likeness (QED) is 0.943. The van der Waals surface area contributed by atoms with E-state index in [2.05, 4.69) is 15.4 Å². The van der Waals surface area contributed by atoms with E-state index < -0.39 is 0 Å². The Morgan fingerprint density at radius 2 is 2.29 bits per heavy atom. The predicted molar refractivity (Wildman–Crippen MR) is 79.0 cm³/mol. The van der Waals surface area contributed by atoms with Crippen molar-refractivity contribution in [3.63, 3.8) is 0 Å². The van der Waals surface area contributed by atoms with Crippen molar-refractivity contribution in [2.75, 3.05) is 18.5 Å². The number of halogens is 1. The molecule has 1 aromatic heterocycles. The summed E-state index contributed by atoms with van der Waals surface area (Å²) in [5.74, 6) is 0.682. The number of carbonyl (C=O) groups is 1. The Bertz CT molecular complexity index is 665. The second kappa shape index (κ2) is 5.83. The van der Waals surface area contributed by atoms with E-state index in [1.165, 1.54) is 4.68 Å². The number of amides is 1. The van der Waals surface area contributed by atoms with Crippen LogP contribution >= 0.6 is 11.6 Å². The summed E-state index contributed by atoms with van der Waals surface area (Å²) in [7, 11) is 1.73. The molecule has 1 fully saturated rings. The Labute approximate surface area is 127 Å². The van der Waals surface area contributed by atoms with Crippen molar-refractivity contribution in [2.24, 2.45) is 13.0 Å². The maximum Gasteiger partial charge on any atom is 0.232 e. The SMILES string of the molecule is Cn1nc(-c2ccccc2Cl)nc1NC(=O)[C@H]1CCOC1. The topological polar surface area (TPSA) is 69.0 Å². The van der Waals surface area contributed by atoms with Crippen molar-refractivity contribution >= 4 is 23.5 Å². The molecule has 1 aromatic carbocycles. The number of aromatic nitrogens is 3. The van der Waals surface area contributed by atoms with E-state index in [4.69, 9.17) is 16.3 Å². The molecule has 3 rings (SSSR count). The highest BCUT2D eigenvalue weighted by Gasteiger charge is 2.25. The largest absolute Gasteiger partial charge is 0.381 e. The van der Waals surface area contributed by atoms with Crippen molar-refractivity contribution in [2.45, 2.75) is 6.42 Å². The number of aryl methyl sites for hydroxylation is 1. The van der Waals surface area contributed by atoms with Gasteiger partial charge in [0, 0.05) is 19.2 Å². The maximum absolute atomic E-state index is 12.1. The third-order valence-corrected chi connectivity index (χ3v) is 3.74. The molecule has 110 valence electrons. The molecule has 7 heteroatoms. The van der Waals surface area contributed by atoms with Crippen LogP contribution in [0.5, 0.6) is 0 Å². The Balaban J connectivity index is 1.81. The number of ether oxygens (including phenoxy) is 1. The van der Waals surface area contributed by atoms with Gasteiger partial charge in [0.15, 0.2) is 5.82 Å². The summed E-state index contributed by atoms with van der Waals surface area (Å²) in [5.41, 5.74) is 0.736. The van der Waals surface area contributed by atoms with E-state index in [1.807, 2.05) is 18.2 Å². The minimum Gasteiger partial charge on any atom is -0.381 e. The van der Waals surface area contributed by atoms with Crippen LogP contribution in [-0.4, -0.2) is 33.9 Å². The van der Waals surface area contributed by atoms with Gasteiger partial charge in [-0.05, 0) is 18.6 Å². The highest BCUT2D eigenvalue weighted by Crippen LogP contribution is 2.25. The minimum atomic E-state index is -0.120. The summed E-state index contributed by atoms with van der Waals surface area (Å²) in [6.45, 7) is 1.09. The summed E-state index contributed by atoms with van der Waals surface area (Å²) in [5, 5.41) is 7.66. The number of rotatable bonds is 3. The van der Waals surface area contributed by atoms with Gasteiger partial charge in [0.1, 0.15) is 0 Å². The van der Waals surface area contributed by atoms with E-state index in [0.29, 0.717) is 30.0 Å². The fourth-order valence-corrected chi connectivity index (χ4v) is 2.42. The monoisotopic (exact) mass is 306 g/mol. The molecule has 0 radical (unpaired) electrons. The zero-order valence-electron chi connectivity index (χ0n) is 11.5. The van der Waals surface area contributed by atoms with Crippen LogP contribution in [0.2, 0.25) is 5.02 Å². The molecule has 1 amide bonds. The van der Waals surface area contributed by atoms with Gasteiger partial charge in [0.2, 0.25) is 11.9 Å². The average Bonchev–Trinajstić information content (AvgIpc) is 3.10. The zero-order chi connectivity index (χ0) is 14.8. The van der Waals surface area contributed by atoms with Crippen molar-refractivity contribution in [1.29, 1.82) is 0 Å². The van der Waals surface area contributed by atoms with Gasteiger partial charge in [-0.15, -0.1) is 5.10 Å². The van der Waals surface area contributed by atoms with Gasteiger partial charge in [-0.2, -0.15) is 4.98 Å². The lowest BCUT2D eigenvalue weighted by molar-refractivity contribution is -0.119. The second-order valence-electron chi connectivity index (χ2n) is 4.91. The molecule has 6 nitrogen and oxygen atoms in total. The standard InChI is InChI=1S/C14H15ClN4O2/c1-19-14(17-13(20)9-6-7-21-8-9)16-12(18-19)10-4-2-3-5-11(10)15/h2-5,9H,6-8H2,1H3,(H,16,17,18,20)/t9-/m0/s1. The third-order valence-electron chi connectivity index (χ3n) is 3.41. The third kappa shape index (κ3) is 2.91. The summed E-state index contributed by atoms with van der Waals surface area (Å²) in [4.78, 5) is 16.4. The number of nitrogens with one attached hydrogen (secondary N) is 1. The Kier molecular flexibility index (Phi) is 3.90.